The summed E-state index contributed by atoms with van der Waals surface area (Å²) in [4.78, 5) is 26.7. The van der Waals surface area contributed by atoms with Crippen LogP contribution in [0.4, 0.5) is 13.2 Å². The molecule has 0 amide bonds. The molecule has 2 unspecified atom stereocenters. The van der Waals surface area contributed by atoms with Crippen molar-refractivity contribution >= 4 is 34.2 Å². The number of nitrogens with zero attached hydrogens (tertiary/aromatic N) is 5. The summed E-state index contributed by atoms with van der Waals surface area (Å²) in [5.74, 6) is -0.501. The first-order valence-electron chi connectivity index (χ1n) is 15.8. The van der Waals surface area contributed by atoms with Gasteiger partial charge in [-0.1, -0.05) is 0 Å². The quantitative estimate of drug-likeness (QED) is 0.160. The van der Waals surface area contributed by atoms with Crippen molar-refractivity contribution < 1.29 is 27.9 Å². The van der Waals surface area contributed by atoms with E-state index in [-0.39, 0.29) is 41.4 Å². The van der Waals surface area contributed by atoms with Gasteiger partial charge in [0.1, 0.15) is 0 Å². The number of ketones is 2. The molecule has 2 saturated heterocycles. The van der Waals surface area contributed by atoms with Crippen molar-refractivity contribution in [3.63, 3.8) is 0 Å². The first-order valence-corrected chi connectivity index (χ1v) is 16.8. The van der Waals surface area contributed by atoms with Crippen LogP contribution in [-0.4, -0.2) is 55.4 Å². The molecular weight excluding hydrogens is 746 g/mol. The van der Waals surface area contributed by atoms with Gasteiger partial charge < -0.3 is 14.2 Å². The Hall–Kier alpha value is -4.24. The molecule has 0 saturated carbocycles. The van der Waals surface area contributed by atoms with E-state index in [0.717, 1.165) is 39.1 Å². The van der Waals surface area contributed by atoms with E-state index in [1.165, 1.54) is 30.5 Å². The van der Waals surface area contributed by atoms with Crippen molar-refractivity contribution in [2.75, 3.05) is 6.54 Å². The number of aromatic nitrogens is 2. The van der Waals surface area contributed by atoms with Crippen LogP contribution >= 0.6 is 22.6 Å². The van der Waals surface area contributed by atoms with Crippen LogP contribution in [0.5, 0.6) is 0 Å². The van der Waals surface area contributed by atoms with Crippen LogP contribution in [-0.2, 0) is 6.18 Å². The smallest absolute Gasteiger partial charge is 0.391 e. The number of carbonyl (C=O) groups is 2. The van der Waals surface area contributed by atoms with Gasteiger partial charge in [0, 0.05) is 49.8 Å². The number of carbonyl (C=O) groups excluding carboxylic acids is 2. The number of hydrogen-bond acceptors (Lipinski definition) is 6. The fourth-order valence-electron chi connectivity index (χ4n) is 7.44. The van der Waals surface area contributed by atoms with E-state index in [2.05, 4.69) is 33.2 Å². The number of fused-ring (bicyclic) bond motifs is 2. The number of hydrogen-bond donors (Lipinski definition) is 1. The molecule has 3 atom stereocenters. The largest absolute Gasteiger partial charge is 0.418 e. The molecule has 0 spiro atoms. The zero-order chi connectivity index (χ0) is 35.9. The number of rotatable bonds is 6. The highest BCUT2D eigenvalue weighted by molar-refractivity contribution is 14.1. The van der Waals surface area contributed by atoms with Gasteiger partial charge in [0.15, 0.2) is 11.6 Å². The molecule has 2 aliphatic heterocycles. The second kappa shape index (κ2) is 13.9. The molecule has 49 heavy (non-hydrogen) atoms. The van der Waals surface area contributed by atoms with Gasteiger partial charge >= 0.3 is 6.18 Å². The minimum atomic E-state index is -4.68. The summed E-state index contributed by atoms with van der Waals surface area (Å²) in [6.45, 7) is 8.28. The highest BCUT2D eigenvalue weighted by Crippen LogP contribution is 2.41. The molecule has 2 aromatic carbocycles. The summed E-state index contributed by atoms with van der Waals surface area (Å²) in [7, 11) is 0. The predicted octanol–water partition coefficient (Wildman–Crippen LogP) is 7.54. The van der Waals surface area contributed by atoms with E-state index in [9.17, 15) is 27.9 Å². The third-order valence-electron chi connectivity index (χ3n) is 9.61. The Morgan fingerprint density at radius 2 is 1.33 bits per heavy atom. The Morgan fingerprint density at radius 3 is 1.71 bits per heavy atom. The molecule has 2 aliphatic rings. The topological polar surface area (TPSA) is 115 Å². The number of aliphatic hydroxyl groups is 1. The van der Waals surface area contributed by atoms with Gasteiger partial charge in [-0.25, -0.2) is 0 Å². The van der Waals surface area contributed by atoms with Gasteiger partial charge in [0.25, 0.3) is 0 Å². The van der Waals surface area contributed by atoms with Gasteiger partial charge in [0.2, 0.25) is 0 Å². The van der Waals surface area contributed by atoms with E-state index < -0.39 is 23.6 Å². The molecule has 4 heterocycles. The average molecular weight is 782 g/mol. The minimum absolute atomic E-state index is 0.0466. The summed E-state index contributed by atoms with van der Waals surface area (Å²) >= 11 is 2.21. The fourth-order valence-corrected chi connectivity index (χ4v) is 8.45. The number of Topliss-reactive ketones (excluding diaryl/α,β-unsaturated/α-hetero) is 2. The Labute approximate surface area is 296 Å². The molecule has 2 bridgehead atoms. The summed E-state index contributed by atoms with van der Waals surface area (Å²) in [5.41, 5.74) is 4.18. The average Bonchev–Trinajstić information content (AvgIpc) is 3.73. The normalized spacial score (nSPS) is 18.5. The monoisotopic (exact) mass is 781 g/mol. The van der Waals surface area contributed by atoms with Gasteiger partial charge in [-0.15, -0.1) is 0 Å². The zero-order valence-electron chi connectivity index (χ0n) is 27.7. The predicted molar refractivity (Wildman–Crippen MR) is 186 cm³/mol. The Bertz CT molecular complexity index is 2010. The number of halogens is 4. The van der Waals surface area contributed by atoms with Crippen LogP contribution in [0.2, 0.25) is 0 Å². The lowest BCUT2D eigenvalue weighted by Crippen LogP contribution is -2.37. The van der Waals surface area contributed by atoms with Gasteiger partial charge in [0.05, 0.1) is 52.6 Å². The van der Waals surface area contributed by atoms with Crippen LogP contribution in [0.15, 0.2) is 48.5 Å². The van der Waals surface area contributed by atoms with Crippen molar-refractivity contribution in [1.82, 2.24) is 14.0 Å². The van der Waals surface area contributed by atoms with Crippen molar-refractivity contribution in [2.45, 2.75) is 78.2 Å². The summed E-state index contributed by atoms with van der Waals surface area (Å²) in [6, 6.07) is 17.6. The first-order chi connectivity index (χ1) is 23.1. The number of alkyl halides is 3. The van der Waals surface area contributed by atoms with E-state index in [1.54, 1.807) is 31.2 Å². The van der Waals surface area contributed by atoms with Crippen LogP contribution in [0, 0.1) is 53.9 Å². The molecule has 254 valence electrons. The maximum atomic E-state index is 14.0. The van der Waals surface area contributed by atoms with Crippen LogP contribution in [0.25, 0.3) is 11.4 Å². The van der Waals surface area contributed by atoms with Crippen LogP contribution < -0.4 is 0 Å². The third kappa shape index (κ3) is 6.70. The molecule has 0 radical (unpaired) electrons. The highest BCUT2D eigenvalue weighted by atomic mass is 127. The van der Waals surface area contributed by atoms with E-state index in [4.69, 9.17) is 10.5 Å². The molecular formula is C37H35F3IN5O3. The highest BCUT2D eigenvalue weighted by Gasteiger charge is 2.47. The van der Waals surface area contributed by atoms with E-state index in [1.807, 2.05) is 36.9 Å². The molecule has 1 N–H and O–H groups in total. The lowest BCUT2D eigenvalue weighted by molar-refractivity contribution is -0.138. The van der Waals surface area contributed by atoms with Crippen molar-refractivity contribution in [2.24, 2.45) is 0 Å². The molecule has 8 nitrogen and oxygen atoms in total. The molecule has 4 aromatic rings. The minimum Gasteiger partial charge on any atom is -0.391 e. The molecule has 2 fully saturated rings. The molecule has 12 heteroatoms. The van der Waals surface area contributed by atoms with Gasteiger partial charge in [-0.05, 0) is 125 Å². The van der Waals surface area contributed by atoms with Gasteiger partial charge in [-0.3, -0.25) is 14.5 Å². The van der Waals surface area contributed by atoms with Crippen LogP contribution in [0.1, 0.15) is 86.4 Å². The zero-order valence-corrected chi connectivity index (χ0v) is 29.8. The fraction of sp³-hybridized carbons (Fsp3) is 0.351. The van der Waals surface area contributed by atoms with E-state index in [0.29, 0.717) is 23.2 Å². The Morgan fingerprint density at radius 1 is 0.837 bits per heavy atom. The van der Waals surface area contributed by atoms with Crippen molar-refractivity contribution in [1.29, 1.82) is 10.5 Å². The summed E-state index contributed by atoms with van der Waals surface area (Å²) < 4.78 is 46.4. The Balaban J connectivity index is 0.000000212. The van der Waals surface area contributed by atoms with E-state index >= 15 is 0 Å². The SMILES string of the molecule is CC(=O)c1c(I)c(C)n(-c2ccc(C#N)cc2)c1C.Cc1c(C(=O)CN2C3CCC2[C@@H](O)C3)c(C(F)(F)F)c(C)n1-c1ccc(C#N)cc1. The Kier molecular flexibility index (Phi) is 10.3. The lowest BCUT2D eigenvalue weighted by Gasteiger charge is -2.21. The number of benzene rings is 2. The number of nitriles is 2. The maximum absolute atomic E-state index is 14.0. The third-order valence-corrected chi connectivity index (χ3v) is 10.9. The standard InChI is InChI=1S/C22H22F3N3O2.C15H13IN2O/c1-12-20(19(30)11-27-16-7-8-17(27)18(29)9-16)21(22(23,24)25)13(2)28(12)15-5-3-14(10-26)4-6-15;1-9-14(11(3)19)15(16)10(2)18(9)13-6-4-12(8-17)5-7-13/h3-6,16-18,29H,7-9,11H2,1-2H3;4-7H,1-3H3/t16?,17?,18-;/m0./s1. The van der Waals surface area contributed by atoms with Crippen molar-refractivity contribution in [3.8, 4) is 23.5 Å². The van der Waals surface area contributed by atoms with Crippen LogP contribution in [0.3, 0.4) is 0 Å². The second-order valence-corrected chi connectivity index (χ2v) is 13.6. The lowest BCUT2D eigenvalue weighted by atomic mass is 9.98. The molecule has 6 rings (SSSR count). The maximum Gasteiger partial charge on any atom is 0.418 e. The number of aliphatic hydroxyl groups excluding tert-OH is 1. The molecule has 0 aliphatic carbocycles. The van der Waals surface area contributed by atoms with Crippen molar-refractivity contribution in [3.05, 3.63) is 103 Å². The van der Waals surface area contributed by atoms with Gasteiger partial charge in [-0.2, -0.15) is 23.7 Å². The second-order valence-electron chi connectivity index (χ2n) is 12.5. The molecule has 2 aromatic heterocycles. The summed E-state index contributed by atoms with van der Waals surface area (Å²) in [5, 5.41) is 27.9. The first kappa shape index (κ1) is 36.1. The summed E-state index contributed by atoms with van der Waals surface area (Å²) in [6.07, 6.45) is -3.03.